The van der Waals surface area contributed by atoms with Gasteiger partial charge in [-0.25, -0.2) is 9.18 Å². The summed E-state index contributed by atoms with van der Waals surface area (Å²) in [5.41, 5.74) is 2.12. The largest absolute Gasteiger partial charge is 0.457 e. The monoisotopic (exact) mass is 556 g/mol. The van der Waals surface area contributed by atoms with Gasteiger partial charge in [-0.2, -0.15) is 8.42 Å². The molecule has 0 atom stereocenters. The van der Waals surface area contributed by atoms with Gasteiger partial charge in [0.2, 0.25) is 0 Å². The van der Waals surface area contributed by atoms with E-state index in [0.29, 0.717) is 34.2 Å². The van der Waals surface area contributed by atoms with Gasteiger partial charge in [0.15, 0.2) is 5.76 Å². The number of hydrogen-bond donors (Lipinski definition) is 0. The van der Waals surface area contributed by atoms with Crippen molar-refractivity contribution in [2.24, 2.45) is 0 Å². The van der Waals surface area contributed by atoms with Crippen molar-refractivity contribution in [3.8, 4) is 0 Å². The van der Waals surface area contributed by atoms with E-state index in [4.69, 9.17) is 20.5 Å². The number of carbonyl (C=O) groups is 1. The summed E-state index contributed by atoms with van der Waals surface area (Å²) in [6.45, 7) is 7.18. The summed E-state index contributed by atoms with van der Waals surface area (Å²) in [6, 6.07) is 19.5. The van der Waals surface area contributed by atoms with Crippen molar-refractivity contribution in [1.82, 2.24) is 0 Å². The van der Waals surface area contributed by atoms with Crippen LogP contribution in [0.5, 0.6) is 0 Å². The Labute approximate surface area is 228 Å². The molecule has 0 saturated carbocycles. The molecule has 3 rings (SSSR count). The Hall–Kier alpha value is -3.42. The second kappa shape index (κ2) is 12.4. The zero-order valence-corrected chi connectivity index (χ0v) is 23.3. The van der Waals surface area contributed by atoms with Gasteiger partial charge in [-0.15, -0.1) is 0 Å². The molecule has 0 heterocycles. The molecule has 200 valence electrons. The number of rotatable bonds is 9. The third-order valence-corrected chi connectivity index (χ3v) is 6.69. The topological polar surface area (TPSA) is 69.7 Å². The normalized spacial score (nSPS) is 12.8. The Morgan fingerprint density at radius 1 is 1.00 bits per heavy atom. The Morgan fingerprint density at radius 2 is 1.66 bits per heavy atom. The van der Waals surface area contributed by atoms with E-state index in [2.05, 4.69) is 0 Å². The lowest BCUT2D eigenvalue weighted by molar-refractivity contribution is -0.148. The molecule has 0 unspecified atom stereocenters. The van der Waals surface area contributed by atoms with Gasteiger partial charge >= 0.3 is 16.1 Å². The molecular weight excluding hydrogens is 527 g/mol. The molecule has 3 aromatic carbocycles. The van der Waals surface area contributed by atoms with Crippen LogP contribution in [0.2, 0.25) is 5.02 Å². The van der Waals surface area contributed by atoms with Crippen LogP contribution in [0.15, 0.2) is 78.9 Å². The van der Waals surface area contributed by atoms with E-state index >= 15 is 0 Å². The van der Waals surface area contributed by atoms with Gasteiger partial charge in [0.1, 0.15) is 17.2 Å². The highest BCUT2D eigenvalue weighted by molar-refractivity contribution is 7.86. The fourth-order valence-corrected chi connectivity index (χ4v) is 5.05. The van der Waals surface area contributed by atoms with Gasteiger partial charge in [-0.3, -0.25) is 0 Å². The van der Waals surface area contributed by atoms with Crippen molar-refractivity contribution in [1.29, 1.82) is 0 Å². The summed E-state index contributed by atoms with van der Waals surface area (Å²) in [6.07, 6.45) is 3.29. The molecule has 0 aliphatic carbocycles. The van der Waals surface area contributed by atoms with Crippen molar-refractivity contribution in [3.05, 3.63) is 112 Å². The zero-order chi connectivity index (χ0) is 27.9. The predicted octanol–water partition coefficient (Wildman–Crippen LogP) is 7.66. The average Bonchev–Trinajstić information content (AvgIpc) is 2.83. The number of allylic oxidation sites excluding steroid dienone is 1. The number of carbonyl (C=O) groups excluding carboxylic acids is 1. The smallest absolute Gasteiger partial charge is 0.331 e. The lowest BCUT2D eigenvalue weighted by Crippen LogP contribution is -2.22. The van der Waals surface area contributed by atoms with Crippen LogP contribution in [-0.2, 0) is 29.6 Å². The molecule has 0 fully saturated rings. The minimum Gasteiger partial charge on any atom is -0.457 e. The number of hydrogen-bond acceptors (Lipinski definition) is 5. The minimum absolute atomic E-state index is 0.0969. The average molecular weight is 557 g/mol. The highest BCUT2D eigenvalue weighted by Gasteiger charge is 2.22. The Kier molecular flexibility index (Phi) is 9.52. The maximum absolute atomic E-state index is 13.8. The maximum Gasteiger partial charge on any atom is 0.331 e. The van der Waals surface area contributed by atoms with E-state index in [1.165, 1.54) is 24.3 Å². The standard InChI is InChI=1S/C30H30ClFO5S/c1-5-25(26-17-16-24(32)19-27(26)31)29(37-38(34,35)20-22-9-7-6-8-10-22)23-14-11-21(12-15-23)13-18-28(33)36-30(2,3)4/h6-19H,5,20H2,1-4H3/b18-13+,29-25+. The second-order valence-corrected chi connectivity index (χ2v) is 11.5. The van der Waals surface area contributed by atoms with Gasteiger partial charge in [-0.1, -0.05) is 79.2 Å². The van der Waals surface area contributed by atoms with E-state index in [1.54, 1.807) is 81.4 Å². The number of benzene rings is 3. The number of esters is 1. The van der Waals surface area contributed by atoms with Crippen LogP contribution >= 0.6 is 11.6 Å². The lowest BCUT2D eigenvalue weighted by Gasteiger charge is -2.18. The summed E-state index contributed by atoms with van der Waals surface area (Å²) in [7, 11) is -4.07. The van der Waals surface area contributed by atoms with Gasteiger partial charge in [-0.05, 0) is 56.5 Å². The van der Waals surface area contributed by atoms with Crippen LogP contribution in [-0.4, -0.2) is 20.0 Å². The van der Waals surface area contributed by atoms with Gasteiger partial charge in [0.05, 0.1) is 5.02 Å². The Balaban J connectivity index is 2.02. The Morgan fingerprint density at radius 3 is 2.24 bits per heavy atom. The molecule has 0 radical (unpaired) electrons. The van der Waals surface area contributed by atoms with E-state index in [1.807, 2.05) is 6.92 Å². The van der Waals surface area contributed by atoms with Gasteiger partial charge in [0.25, 0.3) is 0 Å². The van der Waals surface area contributed by atoms with Crippen LogP contribution in [0, 0.1) is 5.82 Å². The Bertz CT molecular complexity index is 1440. The first-order valence-corrected chi connectivity index (χ1v) is 14.0. The van der Waals surface area contributed by atoms with Crippen molar-refractivity contribution in [3.63, 3.8) is 0 Å². The van der Waals surface area contributed by atoms with Crippen LogP contribution in [0.25, 0.3) is 17.4 Å². The molecule has 0 N–H and O–H groups in total. The minimum atomic E-state index is -4.07. The van der Waals surface area contributed by atoms with Crippen molar-refractivity contribution in [2.45, 2.75) is 45.5 Å². The number of halogens is 2. The first-order valence-electron chi connectivity index (χ1n) is 12.0. The molecule has 38 heavy (non-hydrogen) atoms. The first kappa shape index (κ1) is 29.1. The molecular formula is C30H30ClFO5S. The third kappa shape index (κ3) is 8.57. The highest BCUT2D eigenvalue weighted by atomic mass is 35.5. The fraction of sp³-hybridized carbons (Fsp3) is 0.233. The van der Waals surface area contributed by atoms with Crippen LogP contribution in [0.3, 0.4) is 0 Å². The molecule has 0 saturated heterocycles. The molecule has 0 aliphatic heterocycles. The molecule has 0 amide bonds. The van der Waals surface area contributed by atoms with Gasteiger partial charge < -0.3 is 8.92 Å². The van der Waals surface area contributed by atoms with E-state index in [9.17, 15) is 17.6 Å². The van der Waals surface area contributed by atoms with Crippen LogP contribution in [0.4, 0.5) is 4.39 Å². The zero-order valence-electron chi connectivity index (χ0n) is 21.7. The third-order valence-electron chi connectivity index (χ3n) is 5.27. The van der Waals surface area contributed by atoms with Crippen LogP contribution < -0.4 is 0 Å². The van der Waals surface area contributed by atoms with Crippen LogP contribution in [0.1, 0.15) is 56.4 Å². The molecule has 5 nitrogen and oxygen atoms in total. The molecule has 0 bridgehead atoms. The van der Waals surface area contributed by atoms with Crippen molar-refractivity contribution >= 4 is 45.1 Å². The molecule has 0 aliphatic rings. The summed E-state index contributed by atoms with van der Waals surface area (Å²) in [5.74, 6) is -1.21. The fourth-order valence-electron chi connectivity index (χ4n) is 3.66. The number of ether oxygens (including phenoxy) is 1. The SMILES string of the molecule is CC/C(=C(\OS(=O)(=O)Cc1ccccc1)c1ccc(/C=C/C(=O)OC(C)(C)C)cc1)c1ccc(F)cc1Cl. The van der Waals surface area contributed by atoms with Gasteiger partial charge in [0, 0.05) is 22.8 Å². The van der Waals surface area contributed by atoms with E-state index < -0.39 is 27.5 Å². The summed E-state index contributed by atoms with van der Waals surface area (Å²) < 4.78 is 51.0. The predicted molar refractivity (Wildman–Crippen MR) is 150 cm³/mol. The second-order valence-electron chi connectivity index (χ2n) is 9.55. The summed E-state index contributed by atoms with van der Waals surface area (Å²) in [5, 5.41) is 0.139. The van der Waals surface area contributed by atoms with Crippen molar-refractivity contribution in [2.75, 3.05) is 0 Å². The molecule has 0 spiro atoms. The molecule has 0 aromatic heterocycles. The quantitative estimate of drug-likeness (QED) is 0.0889. The van der Waals surface area contributed by atoms with E-state index in [0.717, 1.165) is 0 Å². The highest BCUT2D eigenvalue weighted by Crippen LogP contribution is 2.35. The first-order chi connectivity index (χ1) is 17.9. The summed E-state index contributed by atoms with van der Waals surface area (Å²) >= 11 is 6.35. The van der Waals surface area contributed by atoms with Crippen molar-refractivity contribution < 1.29 is 26.5 Å². The lowest BCUT2D eigenvalue weighted by atomic mass is 9.98. The molecule has 3 aromatic rings. The summed E-state index contributed by atoms with van der Waals surface area (Å²) in [4.78, 5) is 12.0. The maximum atomic E-state index is 13.8. The van der Waals surface area contributed by atoms with E-state index in [-0.39, 0.29) is 16.5 Å². The molecule has 8 heteroatoms.